The van der Waals surface area contributed by atoms with Gasteiger partial charge in [-0.2, -0.15) is 0 Å². The lowest BCUT2D eigenvalue weighted by Crippen LogP contribution is -2.24. The predicted molar refractivity (Wildman–Crippen MR) is 70.0 cm³/mol. The summed E-state index contributed by atoms with van der Waals surface area (Å²) in [5.41, 5.74) is 1.25. The molecule has 1 aliphatic rings. The molecule has 90 valence electrons. The van der Waals surface area contributed by atoms with Gasteiger partial charge in [-0.25, -0.2) is 4.98 Å². The summed E-state index contributed by atoms with van der Waals surface area (Å²) in [7, 11) is 0. The van der Waals surface area contributed by atoms with E-state index in [0.29, 0.717) is 6.04 Å². The maximum absolute atomic E-state index is 4.60. The molecule has 0 spiro atoms. The second kappa shape index (κ2) is 5.28. The van der Waals surface area contributed by atoms with E-state index in [2.05, 4.69) is 31.1 Å². The number of nitrogens with zero attached hydrogens (tertiary/aromatic N) is 1. The van der Waals surface area contributed by atoms with E-state index in [4.69, 9.17) is 0 Å². The van der Waals surface area contributed by atoms with Crippen LogP contribution in [0, 0.1) is 19.8 Å². The fraction of sp³-hybridized carbons (Fsp3) is 0.769. The van der Waals surface area contributed by atoms with Gasteiger partial charge in [-0.1, -0.05) is 19.3 Å². The monoisotopic (exact) mass is 238 g/mol. The molecule has 1 aromatic rings. The second-order valence-corrected chi connectivity index (χ2v) is 6.34. The van der Waals surface area contributed by atoms with Crippen molar-refractivity contribution >= 4 is 11.3 Å². The fourth-order valence-electron chi connectivity index (χ4n) is 2.33. The third kappa shape index (κ3) is 2.83. The van der Waals surface area contributed by atoms with Crippen LogP contribution < -0.4 is 5.32 Å². The smallest absolute Gasteiger partial charge is 0.0900 e. The Balaban J connectivity index is 1.78. The van der Waals surface area contributed by atoms with Gasteiger partial charge in [0.05, 0.1) is 10.7 Å². The van der Waals surface area contributed by atoms with E-state index in [0.717, 1.165) is 12.5 Å². The molecule has 0 aromatic carbocycles. The molecular formula is C13H22N2S. The SMILES string of the molecule is Cc1nc(C(C)NCCC2CCC2)c(C)s1. The van der Waals surface area contributed by atoms with Crippen LogP contribution in [-0.4, -0.2) is 11.5 Å². The number of hydrogen-bond donors (Lipinski definition) is 1. The molecule has 0 saturated heterocycles. The highest BCUT2D eigenvalue weighted by Gasteiger charge is 2.18. The second-order valence-electron chi connectivity index (χ2n) is 4.94. The van der Waals surface area contributed by atoms with E-state index in [1.54, 1.807) is 11.3 Å². The summed E-state index contributed by atoms with van der Waals surface area (Å²) in [6.07, 6.45) is 5.69. The molecule has 1 aliphatic carbocycles. The number of thiazole rings is 1. The van der Waals surface area contributed by atoms with Crippen molar-refractivity contribution in [3.8, 4) is 0 Å². The molecule has 1 heterocycles. The van der Waals surface area contributed by atoms with Crippen LogP contribution in [0.1, 0.15) is 54.2 Å². The third-order valence-corrected chi connectivity index (χ3v) is 4.48. The minimum absolute atomic E-state index is 0.407. The average molecular weight is 238 g/mol. The summed E-state index contributed by atoms with van der Waals surface area (Å²) in [6.45, 7) is 7.62. The molecule has 1 fully saturated rings. The van der Waals surface area contributed by atoms with Gasteiger partial charge in [0, 0.05) is 10.9 Å². The Hall–Kier alpha value is -0.410. The van der Waals surface area contributed by atoms with Gasteiger partial charge >= 0.3 is 0 Å². The molecule has 0 amide bonds. The van der Waals surface area contributed by atoms with Crippen molar-refractivity contribution < 1.29 is 0 Å². The molecule has 0 radical (unpaired) electrons. The Kier molecular flexibility index (Phi) is 3.98. The van der Waals surface area contributed by atoms with Gasteiger partial charge in [0.1, 0.15) is 0 Å². The van der Waals surface area contributed by atoms with Crippen molar-refractivity contribution in [3.63, 3.8) is 0 Å². The van der Waals surface area contributed by atoms with Crippen molar-refractivity contribution in [2.24, 2.45) is 5.92 Å². The van der Waals surface area contributed by atoms with Gasteiger partial charge in [-0.05, 0) is 39.7 Å². The van der Waals surface area contributed by atoms with Crippen molar-refractivity contribution in [2.75, 3.05) is 6.54 Å². The maximum Gasteiger partial charge on any atom is 0.0900 e. The summed E-state index contributed by atoms with van der Waals surface area (Å²) in [6, 6.07) is 0.407. The molecule has 0 bridgehead atoms. The zero-order valence-corrected chi connectivity index (χ0v) is 11.4. The lowest BCUT2D eigenvalue weighted by molar-refractivity contribution is 0.288. The molecule has 16 heavy (non-hydrogen) atoms. The summed E-state index contributed by atoms with van der Waals surface area (Å²) in [5.74, 6) is 0.998. The van der Waals surface area contributed by atoms with E-state index < -0.39 is 0 Å². The number of hydrogen-bond acceptors (Lipinski definition) is 3. The van der Waals surface area contributed by atoms with Crippen molar-refractivity contribution in [2.45, 2.75) is 52.5 Å². The minimum atomic E-state index is 0.407. The fourth-order valence-corrected chi connectivity index (χ4v) is 3.24. The standard InChI is InChI=1S/C13H22N2S/c1-9(13-10(2)16-11(3)15-13)14-8-7-12-5-4-6-12/h9,12,14H,4-8H2,1-3H3. The van der Waals surface area contributed by atoms with Crippen LogP contribution in [-0.2, 0) is 0 Å². The Bertz CT molecular complexity index is 342. The largest absolute Gasteiger partial charge is 0.309 e. The molecule has 1 aromatic heterocycles. The number of aromatic nitrogens is 1. The van der Waals surface area contributed by atoms with Crippen LogP contribution in [0.25, 0.3) is 0 Å². The van der Waals surface area contributed by atoms with E-state index in [1.165, 1.54) is 41.3 Å². The van der Waals surface area contributed by atoms with Crippen LogP contribution in [0.5, 0.6) is 0 Å². The van der Waals surface area contributed by atoms with Crippen LogP contribution in [0.2, 0.25) is 0 Å². The van der Waals surface area contributed by atoms with E-state index in [9.17, 15) is 0 Å². The van der Waals surface area contributed by atoms with Gasteiger partial charge in [-0.3, -0.25) is 0 Å². The first kappa shape index (κ1) is 12.1. The molecule has 0 aliphatic heterocycles. The third-order valence-electron chi connectivity index (χ3n) is 3.58. The van der Waals surface area contributed by atoms with E-state index >= 15 is 0 Å². The summed E-state index contributed by atoms with van der Waals surface area (Å²) in [4.78, 5) is 5.96. The van der Waals surface area contributed by atoms with Crippen molar-refractivity contribution in [3.05, 3.63) is 15.6 Å². The molecule has 1 N–H and O–H groups in total. The zero-order chi connectivity index (χ0) is 11.5. The Labute approximate surface area is 102 Å². The highest BCUT2D eigenvalue weighted by atomic mass is 32.1. The molecule has 2 nitrogen and oxygen atoms in total. The Morgan fingerprint density at radius 3 is 2.69 bits per heavy atom. The molecule has 1 atom stereocenters. The number of rotatable bonds is 5. The van der Waals surface area contributed by atoms with Gasteiger partial charge in [0.2, 0.25) is 0 Å². The summed E-state index contributed by atoms with van der Waals surface area (Å²) in [5, 5.41) is 4.78. The average Bonchev–Trinajstić information content (AvgIpc) is 2.49. The van der Waals surface area contributed by atoms with Crippen LogP contribution >= 0.6 is 11.3 Å². The first-order chi connectivity index (χ1) is 7.66. The maximum atomic E-state index is 4.60. The van der Waals surface area contributed by atoms with Crippen molar-refractivity contribution in [1.82, 2.24) is 10.3 Å². The Morgan fingerprint density at radius 1 is 1.44 bits per heavy atom. The summed E-state index contributed by atoms with van der Waals surface area (Å²) < 4.78 is 0. The Morgan fingerprint density at radius 2 is 2.19 bits per heavy atom. The van der Waals surface area contributed by atoms with Gasteiger partial charge in [0.15, 0.2) is 0 Å². The number of aryl methyl sites for hydroxylation is 2. The van der Waals surface area contributed by atoms with Crippen LogP contribution in [0.15, 0.2) is 0 Å². The topological polar surface area (TPSA) is 24.9 Å². The highest BCUT2D eigenvalue weighted by molar-refractivity contribution is 7.11. The first-order valence-electron chi connectivity index (χ1n) is 6.34. The highest BCUT2D eigenvalue weighted by Crippen LogP contribution is 2.29. The summed E-state index contributed by atoms with van der Waals surface area (Å²) >= 11 is 1.80. The number of nitrogens with one attached hydrogen (secondary N) is 1. The van der Waals surface area contributed by atoms with Crippen LogP contribution in [0.4, 0.5) is 0 Å². The minimum Gasteiger partial charge on any atom is -0.309 e. The predicted octanol–water partition coefficient (Wildman–Crippen LogP) is 3.60. The van der Waals surface area contributed by atoms with E-state index in [-0.39, 0.29) is 0 Å². The normalized spacial score (nSPS) is 18.4. The van der Waals surface area contributed by atoms with Crippen molar-refractivity contribution in [1.29, 1.82) is 0 Å². The van der Waals surface area contributed by atoms with Gasteiger partial charge in [0.25, 0.3) is 0 Å². The first-order valence-corrected chi connectivity index (χ1v) is 7.15. The van der Waals surface area contributed by atoms with Crippen LogP contribution in [0.3, 0.4) is 0 Å². The quantitative estimate of drug-likeness (QED) is 0.848. The molecule has 1 saturated carbocycles. The zero-order valence-electron chi connectivity index (χ0n) is 10.5. The molecular weight excluding hydrogens is 216 g/mol. The molecule has 2 rings (SSSR count). The van der Waals surface area contributed by atoms with Gasteiger partial charge < -0.3 is 5.32 Å². The molecule has 3 heteroatoms. The van der Waals surface area contributed by atoms with Gasteiger partial charge in [-0.15, -0.1) is 11.3 Å². The van der Waals surface area contributed by atoms with E-state index in [1.807, 2.05) is 0 Å². The molecule has 1 unspecified atom stereocenters. The lowest BCUT2D eigenvalue weighted by Gasteiger charge is -2.26. The lowest BCUT2D eigenvalue weighted by atomic mass is 9.83.